The zero-order chi connectivity index (χ0) is 30.6. The van der Waals surface area contributed by atoms with Gasteiger partial charge in [0.25, 0.3) is 0 Å². The highest BCUT2D eigenvalue weighted by Gasteiger charge is 2.53. The summed E-state index contributed by atoms with van der Waals surface area (Å²) in [7, 11) is 0. The SMILES string of the molecule is O=C1C[C@@H]2[C@H](COC(c3ccccc3)(c3ccccc3)c3ccccc3)[C@H](OC(=O)c3ccc(-c4ccccc4)cc3)C[C@@H]2O1. The Morgan fingerprint density at radius 1 is 0.667 bits per heavy atom. The van der Waals surface area contributed by atoms with Gasteiger partial charge in [0.05, 0.1) is 18.6 Å². The largest absolute Gasteiger partial charge is 0.462 e. The van der Waals surface area contributed by atoms with Crippen LogP contribution >= 0.6 is 0 Å². The molecule has 4 atom stereocenters. The van der Waals surface area contributed by atoms with Crippen LogP contribution in [0, 0.1) is 11.8 Å². The van der Waals surface area contributed by atoms with E-state index in [2.05, 4.69) is 36.4 Å². The van der Waals surface area contributed by atoms with E-state index in [9.17, 15) is 9.59 Å². The van der Waals surface area contributed by atoms with Crippen LogP contribution in [0.3, 0.4) is 0 Å². The van der Waals surface area contributed by atoms with Gasteiger partial charge in [-0.1, -0.05) is 133 Å². The maximum absolute atomic E-state index is 13.5. The molecule has 1 saturated carbocycles. The highest BCUT2D eigenvalue weighted by atomic mass is 16.6. The van der Waals surface area contributed by atoms with Crippen LogP contribution in [0.4, 0.5) is 0 Å². The summed E-state index contributed by atoms with van der Waals surface area (Å²) in [4.78, 5) is 25.9. The Hall–Kier alpha value is -5.00. The number of carbonyl (C=O) groups is 2. The Morgan fingerprint density at radius 3 is 1.69 bits per heavy atom. The van der Waals surface area contributed by atoms with E-state index in [4.69, 9.17) is 14.2 Å². The molecule has 2 aliphatic rings. The number of esters is 2. The number of ether oxygens (including phenoxy) is 3. The minimum atomic E-state index is -0.923. The zero-order valence-electron chi connectivity index (χ0n) is 24.8. The van der Waals surface area contributed by atoms with Crippen LogP contribution in [0.15, 0.2) is 146 Å². The maximum Gasteiger partial charge on any atom is 0.338 e. The third-order valence-electron chi connectivity index (χ3n) is 9.17. The molecule has 0 bridgehead atoms. The summed E-state index contributed by atoms with van der Waals surface area (Å²) >= 11 is 0. The number of fused-ring (bicyclic) bond motifs is 1. The van der Waals surface area contributed by atoms with E-state index < -0.39 is 17.7 Å². The summed E-state index contributed by atoms with van der Waals surface area (Å²) in [5.74, 6) is -0.937. The summed E-state index contributed by atoms with van der Waals surface area (Å²) in [5.41, 5.74) is 4.63. The topological polar surface area (TPSA) is 61.8 Å². The molecule has 0 unspecified atom stereocenters. The van der Waals surface area contributed by atoms with Crippen LogP contribution in [-0.2, 0) is 24.6 Å². The molecule has 0 spiro atoms. The van der Waals surface area contributed by atoms with E-state index in [-0.39, 0.29) is 36.9 Å². The Morgan fingerprint density at radius 2 is 1.16 bits per heavy atom. The first-order valence-corrected chi connectivity index (χ1v) is 15.5. The van der Waals surface area contributed by atoms with E-state index in [1.807, 2.05) is 97.1 Å². The molecule has 0 aromatic heterocycles. The first-order valence-electron chi connectivity index (χ1n) is 15.5. The fourth-order valence-electron chi connectivity index (χ4n) is 6.95. The maximum atomic E-state index is 13.5. The van der Waals surface area contributed by atoms with Crippen molar-refractivity contribution in [1.29, 1.82) is 0 Å². The van der Waals surface area contributed by atoms with Crippen molar-refractivity contribution in [2.24, 2.45) is 11.8 Å². The molecule has 5 nitrogen and oxygen atoms in total. The lowest BCUT2D eigenvalue weighted by atomic mass is 9.79. The van der Waals surface area contributed by atoms with Crippen molar-refractivity contribution >= 4 is 11.9 Å². The molecule has 0 amide bonds. The van der Waals surface area contributed by atoms with Crippen molar-refractivity contribution in [1.82, 2.24) is 0 Å². The molecule has 1 saturated heterocycles. The van der Waals surface area contributed by atoms with Crippen LogP contribution in [-0.4, -0.2) is 30.8 Å². The second kappa shape index (κ2) is 12.5. The number of carbonyl (C=O) groups excluding carboxylic acids is 2. The van der Waals surface area contributed by atoms with Crippen LogP contribution < -0.4 is 0 Å². The van der Waals surface area contributed by atoms with Crippen molar-refractivity contribution in [3.05, 3.63) is 168 Å². The Labute approximate surface area is 263 Å². The van der Waals surface area contributed by atoms with E-state index in [0.717, 1.165) is 27.8 Å². The lowest BCUT2D eigenvalue weighted by Gasteiger charge is -2.38. The average Bonchev–Trinajstić information content (AvgIpc) is 3.62. The minimum Gasteiger partial charge on any atom is -0.462 e. The summed E-state index contributed by atoms with van der Waals surface area (Å²) in [6.45, 7) is 0.265. The van der Waals surface area contributed by atoms with Gasteiger partial charge in [-0.05, 0) is 39.9 Å². The fraction of sp³-hybridized carbons (Fsp3) is 0.200. The smallest absolute Gasteiger partial charge is 0.338 e. The zero-order valence-corrected chi connectivity index (χ0v) is 24.8. The summed E-state index contributed by atoms with van der Waals surface area (Å²) < 4.78 is 19.0. The second-order valence-corrected chi connectivity index (χ2v) is 11.8. The molecule has 7 rings (SSSR count). The molecule has 1 aliphatic heterocycles. The van der Waals surface area contributed by atoms with Crippen LogP contribution in [0.25, 0.3) is 11.1 Å². The predicted octanol–water partition coefficient (Wildman–Crippen LogP) is 7.84. The number of rotatable bonds is 9. The number of benzene rings is 5. The van der Waals surface area contributed by atoms with Crippen molar-refractivity contribution in [2.75, 3.05) is 6.61 Å². The summed E-state index contributed by atoms with van der Waals surface area (Å²) in [6.07, 6.45) is -0.0285. The summed E-state index contributed by atoms with van der Waals surface area (Å²) in [5, 5.41) is 0. The van der Waals surface area contributed by atoms with E-state index in [1.54, 1.807) is 12.1 Å². The van der Waals surface area contributed by atoms with Gasteiger partial charge in [-0.25, -0.2) is 4.79 Å². The van der Waals surface area contributed by atoms with Gasteiger partial charge in [-0.15, -0.1) is 0 Å². The average molecular weight is 595 g/mol. The molecule has 1 aliphatic carbocycles. The normalized spacial score (nSPS) is 20.8. The van der Waals surface area contributed by atoms with E-state index in [0.29, 0.717) is 12.0 Å². The fourth-order valence-corrected chi connectivity index (χ4v) is 6.95. The molecule has 1 heterocycles. The highest BCUT2D eigenvalue weighted by Crippen LogP contribution is 2.46. The van der Waals surface area contributed by atoms with Gasteiger partial charge in [0.2, 0.25) is 0 Å². The number of hydrogen-bond donors (Lipinski definition) is 0. The van der Waals surface area contributed by atoms with Crippen molar-refractivity contribution < 1.29 is 23.8 Å². The van der Waals surface area contributed by atoms with Crippen LogP contribution in [0.1, 0.15) is 39.9 Å². The predicted molar refractivity (Wildman–Crippen MR) is 172 cm³/mol. The van der Waals surface area contributed by atoms with Crippen molar-refractivity contribution in [2.45, 2.75) is 30.7 Å². The standard InChI is InChI=1S/C40H34O5/c41-38-25-34-35(37(26-36(34)44-38)45-39(42)30-23-21-29(22-24-30)28-13-5-1-6-14-28)27-43-40(31-15-7-2-8-16-31,32-17-9-3-10-18-32)33-19-11-4-12-20-33/h1-24,34-37H,25-27H2/t34-,35+,36+,37-/m1/s1. The molecule has 224 valence electrons. The molecule has 45 heavy (non-hydrogen) atoms. The molecular formula is C40H34O5. The van der Waals surface area contributed by atoms with Gasteiger partial charge in [0.1, 0.15) is 17.8 Å². The molecule has 0 radical (unpaired) electrons. The first kappa shape index (κ1) is 28.8. The van der Waals surface area contributed by atoms with Gasteiger partial charge >= 0.3 is 11.9 Å². The Bertz CT molecular complexity index is 1640. The second-order valence-electron chi connectivity index (χ2n) is 11.8. The van der Waals surface area contributed by atoms with Gasteiger partial charge in [0, 0.05) is 18.3 Å². The van der Waals surface area contributed by atoms with Crippen LogP contribution in [0.2, 0.25) is 0 Å². The Kier molecular flexibility index (Phi) is 8.02. The molecular weight excluding hydrogens is 560 g/mol. The van der Waals surface area contributed by atoms with E-state index in [1.165, 1.54) is 0 Å². The van der Waals surface area contributed by atoms with Crippen LogP contribution in [0.5, 0.6) is 0 Å². The lowest BCUT2D eigenvalue weighted by Crippen LogP contribution is -2.38. The lowest BCUT2D eigenvalue weighted by molar-refractivity contribution is -0.141. The summed E-state index contributed by atoms with van der Waals surface area (Å²) in [6, 6.07) is 48.1. The third-order valence-corrected chi connectivity index (χ3v) is 9.17. The minimum absolute atomic E-state index is 0.101. The van der Waals surface area contributed by atoms with Gasteiger partial charge in [0.15, 0.2) is 0 Å². The highest BCUT2D eigenvalue weighted by molar-refractivity contribution is 5.90. The molecule has 5 aromatic carbocycles. The first-order chi connectivity index (χ1) is 22.1. The van der Waals surface area contributed by atoms with Crippen molar-refractivity contribution in [3.63, 3.8) is 0 Å². The van der Waals surface area contributed by atoms with Gasteiger partial charge in [-0.3, -0.25) is 4.79 Å². The third kappa shape index (κ3) is 5.67. The molecule has 5 aromatic rings. The molecule has 2 fully saturated rings. The molecule has 0 N–H and O–H groups in total. The quantitative estimate of drug-likeness (QED) is 0.129. The molecule has 5 heteroatoms. The van der Waals surface area contributed by atoms with E-state index >= 15 is 0 Å². The van der Waals surface area contributed by atoms with Gasteiger partial charge < -0.3 is 14.2 Å². The Balaban J connectivity index is 1.19. The monoisotopic (exact) mass is 594 g/mol. The van der Waals surface area contributed by atoms with Crippen molar-refractivity contribution in [3.8, 4) is 11.1 Å². The number of hydrogen-bond acceptors (Lipinski definition) is 5. The van der Waals surface area contributed by atoms with Gasteiger partial charge in [-0.2, -0.15) is 0 Å².